The topological polar surface area (TPSA) is 29.9 Å². The van der Waals surface area contributed by atoms with E-state index in [0.29, 0.717) is 0 Å². The molecule has 0 amide bonds. The maximum absolute atomic E-state index is 4.18. The molecule has 0 fully saturated rings. The predicted molar refractivity (Wildman–Crippen MR) is 68.4 cm³/mol. The molecule has 1 unspecified atom stereocenters. The molecule has 0 saturated heterocycles. The zero-order valence-corrected chi connectivity index (χ0v) is 10.7. The second-order valence-electron chi connectivity index (χ2n) is 4.66. The van der Waals surface area contributed by atoms with Gasteiger partial charge in [0.25, 0.3) is 0 Å². The van der Waals surface area contributed by atoms with Crippen molar-refractivity contribution in [3.8, 4) is 0 Å². The maximum Gasteiger partial charge on any atom is 0.0521 e. The molecule has 0 bridgehead atoms. The lowest BCUT2D eigenvalue weighted by molar-refractivity contribution is 0.369. The summed E-state index contributed by atoms with van der Waals surface area (Å²) in [6, 6.07) is 0. The van der Waals surface area contributed by atoms with Crippen molar-refractivity contribution in [2.75, 3.05) is 13.1 Å². The van der Waals surface area contributed by atoms with Crippen LogP contribution in [0.1, 0.15) is 25.8 Å². The molecule has 1 atom stereocenters. The van der Waals surface area contributed by atoms with E-state index in [1.165, 1.54) is 5.56 Å². The van der Waals surface area contributed by atoms with E-state index in [1.807, 2.05) is 17.9 Å². The van der Waals surface area contributed by atoms with E-state index in [0.717, 1.165) is 25.9 Å². The highest BCUT2D eigenvalue weighted by Gasteiger charge is 2.19. The van der Waals surface area contributed by atoms with Gasteiger partial charge in [0.05, 0.1) is 6.20 Å². The minimum Gasteiger partial charge on any atom is -0.316 e. The Kier molecular flexibility index (Phi) is 4.74. The van der Waals surface area contributed by atoms with E-state index < -0.39 is 0 Å². The van der Waals surface area contributed by atoms with Crippen LogP contribution in [0, 0.1) is 5.41 Å². The van der Waals surface area contributed by atoms with Gasteiger partial charge in [-0.25, -0.2) is 0 Å². The Bertz CT molecular complexity index is 330. The van der Waals surface area contributed by atoms with Gasteiger partial charge in [-0.2, -0.15) is 5.10 Å². The van der Waals surface area contributed by atoms with Crippen LogP contribution in [0.5, 0.6) is 0 Å². The third-order valence-corrected chi connectivity index (χ3v) is 3.01. The molecule has 0 aromatic carbocycles. The number of aryl methyl sites for hydroxylation is 2. The van der Waals surface area contributed by atoms with Crippen LogP contribution in [-0.4, -0.2) is 22.9 Å². The molecule has 1 N–H and O–H groups in total. The summed E-state index contributed by atoms with van der Waals surface area (Å²) in [5.41, 5.74) is 1.47. The first kappa shape index (κ1) is 13.0. The standard InChI is InChI=1S/C13H23N3/c1-5-13(3,11-14-6-2)8-7-12-9-15-16(4)10-12/h5,9-10,14H,1,6-8,11H2,2-4H3. The SMILES string of the molecule is C=CC(C)(CCc1cnn(C)c1)CNCC. The summed E-state index contributed by atoms with van der Waals surface area (Å²) in [4.78, 5) is 0. The summed E-state index contributed by atoms with van der Waals surface area (Å²) < 4.78 is 1.85. The predicted octanol–water partition coefficient (Wildman–Crippen LogP) is 2.15. The molecule has 0 aliphatic heterocycles. The Morgan fingerprint density at radius 1 is 1.62 bits per heavy atom. The average Bonchev–Trinajstić information content (AvgIpc) is 2.70. The number of nitrogens with zero attached hydrogens (tertiary/aromatic N) is 2. The van der Waals surface area contributed by atoms with Crippen molar-refractivity contribution < 1.29 is 0 Å². The molecule has 1 aromatic heterocycles. The molecule has 1 rings (SSSR count). The minimum atomic E-state index is 0.172. The van der Waals surface area contributed by atoms with Gasteiger partial charge in [0.2, 0.25) is 0 Å². The largest absolute Gasteiger partial charge is 0.316 e. The normalized spacial score (nSPS) is 14.7. The van der Waals surface area contributed by atoms with Crippen molar-refractivity contribution in [3.05, 3.63) is 30.6 Å². The minimum absolute atomic E-state index is 0.172. The molecule has 1 heterocycles. The molecular weight excluding hydrogens is 198 g/mol. The van der Waals surface area contributed by atoms with E-state index in [2.05, 4.69) is 43.1 Å². The average molecular weight is 221 g/mol. The van der Waals surface area contributed by atoms with Gasteiger partial charge < -0.3 is 5.32 Å². The summed E-state index contributed by atoms with van der Waals surface area (Å²) >= 11 is 0. The van der Waals surface area contributed by atoms with Gasteiger partial charge >= 0.3 is 0 Å². The Morgan fingerprint density at radius 3 is 2.88 bits per heavy atom. The van der Waals surface area contributed by atoms with Crippen LogP contribution in [0.3, 0.4) is 0 Å². The zero-order chi connectivity index (χ0) is 12.0. The smallest absolute Gasteiger partial charge is 0.0521 e. The molecule has 90 valence electrons. The summed E-state index contributed by atoms with van der Waals surface area (Å²) in [7, 11) is 1.95. The molecule has 0 spiro atoms. The zero-order valence-electron chi connectivity index (χ0n) is 10.7. The number of aromatic nitrogens is 2. The Labute approximate surface area is 98.5 Å². The lowest BCUT2D eigenvalue weighted by Gasteiger charge is -2.25. The fourth-order valence-corrected chi connectivity index (χ4v) is 1.70. The van der Waals surface area contributed by atoms with Crippen LogP contribution in [-0.2, 0) is 13.5 Å². The first-order valence-electron chi connectivity index (χ1n) is 5.91. The number of rotatable bonds is 7. The van der Waals surface area contributed by atoms with Gasteiger partial charge in [-0.15, -0.1) is 6.58 Å². The third kappa shape index (κ3) is 3.81. The van der Waals surface area contributed by atoms with Crippen LogP contribution in [0.15, 0.2) is 25.0 Å². The van der Waals surface area contributed by atoms with Crippen molar-refractivity contribution >= 4 is 0 Å². The summed E-state index contributed by atoms with van der Waals surface area (Å²) in [5, 5.41) is 7.57. The summed E-state index contributed by atoms with van der Waals surface area (Å²) in [6.45, 7) is 10.3. The van der Waals surface area contributed by atoms with Crippen molar-refractivity contribution in [1.29, 1.82) is 0 Å². The highest BCUT2D eigenvalue weighted by Crippen LogP contribution is 2.23. The van der Waals surface area contributed by atoms with E-state index in [1.54, 1.807) is 0 Å². The quantitative estimate of drug-likeness (QED) is 0.715. The fraction of sp³-hybridized carbons (Fsp3) is 0.615. The van der Waals surface area contributed by atoms with Gasteiger partial charge in [0, 0.05) is 19.8 Å². The monoisotopic (exact) mass is 221 g/mol. The van der Waals surface area contributed by atoms with Gasteiger partial charge in [-0.05, 0) is 30.4 Å². The summed E-state index contributed by atoms with van der Waals surface area (Å²) in [5.74, 6) is 0. The third-order valence-electron chi connectivity index (χ3n) is 3.01. The lowest BCUT2D eigenvalue weighted by Crippen LogP contribution is -2.30. The fourth-order valence-electron chi connectivity index (χ4n) is 1.70. The van der Waals surface area contributed by atoms with Crippen molar-refractivity contribution in [2.24, 2.45) is 12.5 Å². The van der Waals surface area contributed by atoms with E-state index >= 15 is 0 Å². The second-order valence-corrected chi connectivity index (χ2v) is 4.66. The molecule has 3 nitrogen and oxygen atoms in total. The molecular formula is C13H23N3. The molecule has 0 radical (unpaired) electrons. The number of hydrogen-bond acceptors (Lipinski definition) is 2. The van der Waals surface area contributed by atoms with Gasteiger partial charge in [-0.1, -0.05) is 19.9 Å². The highest BCUT2D eigenvalue weighted by atomic mass is 15.2. The molecule has 16 heavy (non-hydrogen) atoms. The molecule has 0 aliphatic rings. The van der Waals surface area contributed by atoms with Crippen molar-refractivity contribution in [3.63, 3.8) is 0 Å². The highest BCUT2D eigenvalue weighted by molar-refractivity contribution is 5.06. The molecule has 0 aliphatic carbocycles. The second kappa shape index (κ2) is 5.85. The van der Waals surface area contributed by atoms with E-state index in [4.69, 9.17) is 0 Å². The van der Waals surface area contributed by atoms with Gasteiger partial charge in [0.1, 0.15) is 0 Å². The van der Waals surface area contributed by atoms with Crippen LogP contribution < -0.4 is 5.32 Å². The molecule has 1 aromatic rings. The molecule has 3 heteroatoms. The van der Waals surface area contributed by atoms with Crippen LogP contribution in [0.4, 0.5) is 0 Å². The van der Waals surface area contributed by atoms with E-state index in [9.17, 15) is 0 Å². The Balaban J connectivity index is 2.47. The lowest BCUT2D eigenvalue weighted by atomic mass is 9.84. The molecule has 0 saturated carbocycles. The maximum atomic E-state index is 4.18. The summed E-state index contributed by atoms with van der Waals surface area (Å²) in [6.07, 6.45) is 8.25. The first-order chi connectivity index (χ1) is 7.59. The Morgan fingerprint density at radius 2 is 2.38 bits per heavy atom. The number of hydrogen-bond donors (Lipinski definition) is 1. The Hall–Kier alpha value is -1.09. The van der Waals surface area contributed by atoms with Crippen molar-refractivity contribution in [1.82, 2.24) is 15.1 Å². The van der Waals surface area contributed by atoms with E-state index in [-0.39, 0.29) is 5.41 Å². The number of nitrogens with one attached hydrogen (secondary N) is 1. The van der Waals surface area contributed by atoms with Gasteiger partial charge in [-0.3, -0.25) is 4.68 Å². The van der Waals surface area contributed by atoms with Crippen LogP contribution in [0.25, 0.3) is 0 Å². The van der Waals surface area contributed by atoms with Crippen molar-refractivity contribution in [2.45, 2.75) is 26.7 Å². The van der Waals surface area contributed by atoms with Crippen LogP contribution >= 0.6 is 0 Å². The first-order valence-corrected chi connectivity index (χ1v) is 5.91. The van der Waals surface area contributed by atoms with Crippen LogP contribution in [0.2, 0.25) is 0 Å². The van der Waals surface area contributed by atoms with Gasteiger partial charge in [0.15, 0.2) is 0 Å².